The van der Waals surface area contributed by atoms with Gasteiger partial charge in [-0.3, -0.25) is 0 Å². The Morgan fingerprint density at radius 2 is 0.966 bits per heavy atom. The van der Waals surface area contributed by atoms with Gasteiger partial charge < -0.3 is 4.90 Å². The number of benzene rings is 8. The van der Waals surface area contributed by atoms with Crippen molar-refractivity contribution in [1.29, 1.82) is 0 Å². The molecule has 0 aromatic heterocycles. The molecule has 1 heteroatoms. The molecule has 12 rings (SSSR count). The molecule has 3 bridgehead atoms. The van der Waals surface area contributed by atoms with Gasteiger partial charge in [0, 0.05) is 22.5 Å². The van der Waals surface area contributed by atoms with E-state index in [9.17, 15) is 0 Å². The van der Waals surface area contributed by atoms with Crippen molar-refractivity contribution in [3.8, 4) is 33.4 Å². The molecule has 0 saturated heterocycles. The van der Waals surface area contributed by atoms with E-state index in [0.29, 0.717) is 0 Å². The van der Waals surface area contributed by atoms with E-state index in [1.54, 1.807) is 5.56 Å². The van der Waals surface area contributed by atoms with Crippen LogP contribution in [-0.2, 0) is 5.41 Å². The second-order valence-corrected chi connectivity index (χ2v) is 19.0. The minimum atomic E-state index is -0.148. The molecule has 288 valence electrons. The van der Waals surface area contributed by atoms with E-state index < -0.39 is 0 Å². The predicted molar refractivity (Wildman–Crippen MR) is 249 cm³/mol. The number of fused-ring (bicyclic) bond motifs is 7. The summed E-state index contributed by atoms with van der Waals surface area (Å²) in [6.07, 6.45) is 8.85. The maximum atomic E-state index is 2.49. The van der Waals surface area contributed by atoms with Crippen molar-refractivity contribution < 1.29 is 0 Å². The first kappa shape index (κ1) is 35.1. The molecule has 0 spiro atoms. The molecule has 5 unspecified atom stereocenters. The summed E-state index contributed by atoms with van der Waals surface area (Å²) < 4.78 is 0. The van der Waals surface area contributed by atoms with Gasteiger partial charge >= 0.3 is 0 Å². The highest BCUT2D eigenvalue weighted by atomic mass is 15.1. The van der Waals surface area contributed by atoms with Crippen molar-refractivity contribution in [2.45, 2.75) is 63.7 Å². The molecule has 8 aromatic carbocycles. The molecule has 4 aliphatic carbocycles. The Morgan fingerprint density at radius 3 is 1.73 bits per heavy atom. The normalized spacial score (nSPS) is 22.3. The summed E-state index contributed by atoms with van der Waals surface area (Å²) >= 11 is 0. The second-order valence-electron chi connectivity index (χ2n) is 19.0. The van der Waals surface area contributed by atoms with E-state index in [0.717, 1.165) is 41.0 Å². The van der Waals surface area contributed by atoms with Crippen molar-refractivity contribution in [2.24, 2.45) is 23.7 Å². The Balaban J connectivity index is 0.881. The van der Waals surface area contributed by atoms with Crippen molar-refractivity contribution in [3.05, 3.63) is 187 Å². The third-order valence-electron chi connectivity index (χ3n) is 15.3. The molecular formula is C58H51N. The number of hydrogen-bond acceptors (Lipinski definition) is 1. The van der Waals surface area contributed by atoms with E-state index in [2.05, 4.69) is 189 Å². The summed E-state index contributed by atoms with van der Waals surface area (Å²) in [5.74, 6) is 4.64. The number of rotatable bonds is 6. The monoisotopic (exact) mass is 761 g/mol. The van der Waals surface area contributed by atoms with Gasteiger partial charge in [0.1, 0.15) is 0 Å². The SMILES string of the molecule is CC1(C)c2cc(-c3ccc(C4CC5CC6CCC4C(C6)C5)cc3)ccc2-c2ccc(N(c3ccc(-c4ccc5ccccc5c4)cc3)c3ccc4ccccc4c3)cc21. The smallest absolute Gasteiger partial charge is 0.0468 e. The zero-order valence-corrected chi connectivity index (χ0v) is 34.2. The van der Waals surface area contributed by atoms with E-state index in [-0.39, 0.29) is 5.41 Å². The molecule has 8 aromatic rings. The van der Waals surface area contributed by atoms with Gasteiger partial charge in [-0.05, 0) is 182 Å². The zero-order valence-electron chi connectivity index (χ0n) is 34.2. The fraction of sp³-hybridized carbons (Fsp3) is 0.241. The minimum Gasteiger partial charge on any atom is -0.310 e. The Bertz CT molecular complexity index is 2890. The minimum absolute atomic E-state index is 0.148. The molecule has 5 atom stereocenters. The second kappa shape index (κ2) is 13.6. The Hall–Kier alpha value is -5.92. The first-order valence-corrected chi connectivity index (χ1v) is 22.2. The summed E-state index contributed by atoms with van der Waals surface area (Å²) in [6, 6.07) is 64.3. The molecular weight excluding hydrogens is 711 g/mol. The first-order chi connectivity index (χ1) is 28.9. The van der Waals surface area contributed by atoms with Crippen LogP contribution in [0.5, 0.6) is 0 Å². The average Bonchev–Trinajstić information content (AvgIpc) is 3.50. The largest absolute Gasteiger partial charge is 0.310 e. The lowest BCUT2D eigenvalue weighted by Gasteiger charge is -2.52. The van der Waals surface area contributed by atoms with Gasteiger partial charge in [0.25, 0.3) is 0 Å². The molecule has 0 aliphatic heterocycles. The third-order valence-corrected chi connectivity index (χ3v) is 15.3. The van der Waals surface area contributed by atoms with Crippen molar-refractivity contribution in [3.63, 3.8) is 0 Å². The number of nitrogens with zero attached hydrogens (tertiary/aromatic N) is 1. The lowest BCUT2D eigenvalue weighted by Crippen LogP contribution is -2.41. The molecule has 59 heavy (non-hydrogen) atoms. The van der Waals surface area contributed by atoms with Crippen LogP contribution < -0.4 is 4.90 Å². The highest BCUT2D eigenvalue weighted by molar-refractivity contribution is 5.92. The van der Waals surface area contributed by atoms with Crippen LogP contribution in [-0.4, -0.2) is 0 Å². The lowest BCUT2D eigenvalue weighted by atomic mass is 9.53. The van der Waals surface area contributed by atoms with Crippen molar-refractivity contribution >= 4 is 38.6 Å². The topological polar surface area (TPSA) is 3.24 Å². The summed E-state index contributed by atoms with van der Waals surface area (Å²) in [7, 11) is 0. The van der Waals surface area contributed by atoms with E-state index >= 15 is 0 Å². The van der Waals surface area contributed by atoms with Crippen LogP contribution in [0.25, 0.3) is 54.9 Å². The molecule has 1 nitrogen and oxygen atoms in total. The van der Waals surface area contributed by atoms with E-state index in [1.807, 2.05) is 0 Å². The van der Waals surface area contributed by atoms with Crippen LogP contribution in [0, 0.1) is 23.7 Å². The Morgan fingerprint density at radius 1 is 0.424 bits per heavy atom. The van der Waals surface area contributed by atoms with Crippen molar-refractivity contribution in [1.82, 2.24) is 0 Å². The molecule has 4 aliphatic rings. The Kier molecular flexibility index (Phi) is 8.06. The van der Waals surface area contributed by atoms with Crippen LogP contribution in [0.2, 0.25) is 0 Å². The highest BCUT2D eigenvalue weighted by Crippen LogP contribution is 2.58. The molecule has 0 N–H and O–H groups in total. The standard InChI is InChI=1S/C58H51N/c1-58(2)56-35-47(41-12-15-43(16-13-41)55-32-38-29-37-11-26-52(55)48(30-37)31-38)21-27-53(56)54-28-25-51(36-57(54)58)59(50-24-20-40-8-4-6-10-45(40)34-50)49-22-18-42(19-23-49)46-17-14-39-7-3-5-9-44(39)33-46/h3-10,12-25,27-28,33-38,48,52,55H,11,26,29-32H2,1-2H3. The van der Waals surface area contributed by atoms with Crippen LogP contribution in [0.4, 0.5) is 17.1 Å². The van der Waals surface area contributed by atoms with Crippen molar-refractivity contribution in [2.75, 3.05) is 4.90 Å². The van der Waals surface area contributed by atoms with Gasteiger partial charge in [0.2, 0.25) is 0 Å². The number of anilines is 3. The average molecular weight is 762 g/mol. The highest BCUT2D eigenvalue weighted by Gasteiger charge is 2.46. The van der Waals surface area contributed by atoms with Gasteiger partial charge in [0.05, 0.1) is 0 Å². The summed E-state index contributed by atoms with van der Waals surface area (Å²) in [5.41, 5.74) is 15.5. The molecule has 3 fully saturated rings. The summed E-state index contributed by atoms with van der Waals surface area (Å²) in [5, 5.41) is 5.03. The van der Waals surface area contributed by atoms with E-state index in [1.165, 1.54) is 110 Å². The van der Waals surface area contributed by atoms with Gasteiger partial charge in [0.15, 0.2) is 0 Å². The quantitative estimate of drug-likeness (QED) is 0.163. The van der Waals surface area contributed by atoms with Gasteiger partial charge in [-0.2, -0.15) is 0 Å². The maximum absolute atomic E-state index is 2.49. The van der Waals surface area contributed by atoms with Gasteiger partial charge in [-0.25, -0.2) is 0 Å². The first-order valence-electron chi connectivity index (χ1n) is 22.2. The van der Waals surface area contributed by atoms with E-state index in [4.69, 9.17) is 0 Å². The molecule has 0 radical (unpaired) electrons. The zero-order chi connectivity index (χ0) is 39.2. The van der Waals surface area contributed by atoms with Crippen LogP contribution in [0.3, 0.4) is 0 Å². The fourth-order valence-corrected chi connectivity index (χ4v) is 12.4. The van der Waals surface area contributed by atoms with Gasteiger partial charge in [-0.1, -0.05) is 142 Å². The third kappa shape index (κ3) is 5.88. The number of hydrogen-bond donors (Lipinski definition) is 0. The maximum Gasteiger partial charge on any atom is 0.0468 e. The lowest BCUT2D eigenvalue weighted by molar-refractivity contribution is 0.0152. The van der Waals surface area contributed by atoms with Gasteiger partial charge in [-0.15, -0.1) is 0 Å². The van der Waals surface area contributed by atoms with Crippen LogP contribution >= 0.6 is 0 Å². The molecule has 0 amide bonds. The predicted octanol–water partition coefficient (Wildman–Crippen LogP) is 16.0. The summed E-state index contributed by atoms with van der Waals surface area (Å²) in [4.78, 5) is 2.44. The molecule has 0 heterocycles. The van der Waals surface area contributed by atoms with Crippen LogP contribution in [0.1, 0.15) is 75.0 Å². The Labute approximate surface area is 349 Å². The molecule has 3 saturated carbocycles. The fourth-order valence-electron chi connectivity index (χ4n) is 12.4. The summed E-state index contributed by atoms with van der Waals surface area (Å²) in [6.45, 7) is 4.84. The van der Waals surface area contributed by atoms with Crippen LogP contribution in [0.15, 0.2) is 170 Å².